The number of carbonyl (C=O) groups is 1. The molecule has 1 aliphatic rings. The summed E-state index contributed by atoms with van der Waals surface area (Å²) in [6, 6.07) is 1.68. The normalized spacial score (nSPS) is 17.7. The second-order valence-electron chi connectivity index (χ2n) is 5.42. The van der Waals surface area contributed by atoms with Gasteiger partial charge in [-0.1, -0.05) is 24.4 Å². The first-order valence-corrected chi connectivity index (χ1v) is 7.16. The molecule has 0 bridgehead atoms. The van der Waals surface area contributed by atoms with Crippen LogP contribution in [0, 0.1) is 0 Å². The Balaban J connectivity index is 2.10. The summed E-state index contributed by atoms with van der Waals surface area (Å²) in [6.07, 6.45) is 5.39. The van der Waals surface area contributed by atoms with E-state index in [2.05, 4.69) is 0 Å². The first kappa shape index (κ1) is 14.4. The number of amides is 1. The van der Waals surface area contributed by atoms with Crippen molar-refractivity contribution in [3.05, 3.63) is 23.0 Å². The topological polar surface area (TPSA) is 45.5 Å². The van der Waals surface area contributed by atoms with Crippen molar-refractivity contribution >= 4 is 17.5 Å². The third kappa shape index (κ3) is 3.12. The van der Waals surface area contributed by atoms with Gasteiger partial charge in [-0.2, -0.15) is 0 Å². The van der Waals surface area contributed by atoms with Gasteiger partial charge in [0.2, 0.25) is 0 Å². The van der Waals surface area contributed by atoms with E-state index in [0.717, 1.165) is 25.7 Å². The monoisotopic (exact) mass is 284 g/mol. The molecule has 1 aromatic rings. The Kier molecular flexibility index (Phi) is 4.21. The molecule has 0 saturated heterocycles. The average molecular weight is 285 g/mol. The van der Waals surface area contributed by atoms with Crippen LogP contribution in [0.3, 0.4) is 0 Å². The molecule has 1 N–H and O–H groups in total. The molecule has 5 heteroatoms. The van der Waals surface area contributed by atoms with Crippen LogP contribution in [0.4, 0.5) is 0 Å². The van der Waals surface area contributed by atoms with Crippen molar-refractivity contribution in [2.45, 2.75) is 44.8 Å². The van der Waals surface area contributed by atoms with Gasteiger partial charge < -0.3 is 14.6 Å². The predicted octanol–water partition coefficient (Wildman–Crippen LogP) is 2.54. The summed E-state index contributed by atoms with van der Waals surface area (Å²) >= 11 is 5.95. The molecule has 1 aromatic heterocycles. The zero-order chi connectivity index (χ0) is 14.0. The van der Waals surface area contributed by atoms with Crippen molar-refractivity contribution in [1.82, 2.24) is 9.47 Å². The second-order valence-corrected chi connectivity index (χ2v) is 5.86. The van der Waals surface area contributed by atoms with Gasteiger partial charge in [-0.3, -0.25) is 4.79 Å². The number of aliphatic hydroxyl groups is 1. The smallest absolute Gasteiger partial charge is 0.270 e. The molecule has 1 amide bonds. The Bertz CT molecular complexity index is 464. The summed E-state index contributed by atoms with van der Waals surface area (Å²) in [4.78, 5) is 14.0. The van der Waals surface area contributed by atoms with Crippen molar-refractivity contribution in [2.24, 2.45) is 0 Å². The summed E-state index contributed by atoms with van der Waals surface area (Å²) in [5.41, 5.74) is -0.130. The Labute approximate surface area is 119 Å². The van der Waals surface area contributed by atoms with Gasteiger partial charge in [-0.15, -0.1) is 0 Å². The second kappa shape index (κ2) is 5.55. The van der Waals surface area contributed by atoms with E-state index < -0.39 is 5.60 Å². The lowest BCUT2D eigenvalue weighted by atomic mass is 10.0. The van der Waals surface area contributed by atoms with Crippen LogP contribution in [-0.2, 0) is 6.54 Å². The van der Waals surface area contributed by atoms with Gasteiger partial charge in [-0.25, -0.2) is 0 Å². The highest BCUT2D eigenvalue weighted by molar-refractivity contribution is 6.31. The summed E-state index contributed by atoms with van der Waals surface area (Å²) in [6.45, 7) is 3.06. The minimum atomic E-state index is -0.710. The highest BCUT2D eigenvalue weighted by atomic mass is 35.5. The van der Waals surface area contributed by atoms with E-state index in [9.17, 15) is 9.90 Å². The fourth-order valence-electron chi connectivity index (χ4n) is 2.82. The molecule has 1 aliphatic carbocycles. The van der Waals surface area contributed by atoms with E-state index in [1.54, 1.807) is 24.2 Å². The summed E-state index contributed by atoms with van der Waals surface area (Å²) < 4.78 is 1.83. The number of halogens is 1. The van der Waals surface area contributed by atoms with Crippen LogP contribution in [0.2, 0.25) is 5.02 Å². The Hall–Kier alpha value is -1.00. The Morgan fingerprint density at radius 2 is 2.16 bits per heavy atom. The minimum absolute atomic E-state index is 0.0888. The van der Waals surface area contributed by atoms with Crippen LogP contribution in [-0.4, -0.2) is 39.7 Å². The predicted molar refractivity (Wildman–Crippen MR) is 75.5 cm³/mol. The van der Waals surface area contributed by atoms with E-state index >= 15 is 0 Å². The first-order valence-electron chi connectivity index (χ1n) is 6.79. The molecular weight excluding hydrogens is 264 g/mol. The van der Waals surface area contributed by atoms with Crippen LogP contribution >= 0.6 is 11.6 Å². The van der Waals surface area contributed by atoms with Gasteiger partial charge >= 0.3 is 0 Å². The lowest BCUT2D eigenvalue weighted by Gasteiger charge is -2.28. The van der Waals surface area contributed by atoms with Crippen molar-refractivity contribution in [3.63, 3.8) is 0 Å². The van der Waals surface area contributed by atoms with E-state index in [1.807, 2.05) is 11.5 Å². The lowest BCUT2D eigenvalue weighted by Crippen LogP contribution is -2.42. The van der Waals surface area contributed by atoms with Gasteiger partial charge in [0.25, 0.3) is 5.91 Å². The molecule has 1 heterocycles. The average Bonchev–Trinajstić information content (AvgIpc) is 2.94. The molecule has 1 fully saturated rings. The Morgan fingerprint density at radius 3 is 2.74 bits per heavy atom. The van der Waals surface area contributed by atoms with Crippen molar-refractivity contribution < 1.29 is 9.90 Å². The van der Waals surface area contributed by atoms with Crippen LogP contribution < -0.4 is 0 Å². The number of hydrogen-bond acceptors (Lipinski definition) is 2. The van der Waals surface area contributed by atoms with Crippen LogP contribution in [0.5, 0.6) is 0 Å². The van der Waals surface area contributed by atoms with Gasteiger partial charge in [0, 0.05) is 26.3 Å². The zero-order valence-corrected chi connectivity index (χ0v) is 12.3. The zero-order valence-electron chi connectivity index (χ0n) is 11.5. The van der Waals surface area contributed by atoms with Gasteiger partial charge in [0.1, 0.15) is 5.69 Å². The lowest BCUT2D eigenvalue weighted by molar-refractivity contribution is 0.0153. The van der Waals surface area contributed by atoms with E-state index in [-0.39, 0.29) is 5.91 Å². The van der Waals surface area contributed by atoms with Gasteiger partial charge in [0.15, 0.2) is 0 Å². The Morgan fingerprint density at radius 1 is 1.53 bits per heavy atom. The largest absolute Gasteiger partial charge is 0.388 e. The summed E-state index contributed by atoms with van der Waals surface area (Å²) in [7, 11) is 1.74. The molecule has 0 atom stereocenters. The highest BCUT2D eigenvalue weighted by Gasteiger charge is 2.34. The highest BCUT2D eigenvalue weighted by Crippen LogP contribution is 2.30. The molecule has 0 aliphatic heterocycles. The molecule has 0 spiro atoms. The molecule has 106 valence electrons. The molecule has 0 radical (unpaired) electrons. The number of likely N-dealkylation sites (N-methyl/N-ethyl adjacent to an activating group) is 1. The molecule has 4 nitrogen and oxygen atoms in total. The summed E-state index contributed by atoms with van der Waals surface area (Å²) in [5, 5.41) is 10.9. The standard InChI is InChI=1S/C14H21ClN2O2/c1-3-17-9-11(15)8-12(17)13(18)16(2)10-14(19)6-4-5-7-14/h8-9,19H,3-7,10H2,1-2H3. The number of aryl methyl sites for hydroxylation is 1. The fraction of sp³-hybridized carbons (Fsp3) is 0.643. The number of aromatic nitrogens is 1. The molecule has 19 heavy (non-hydrogen) atoms. The maximum atomic E-state index is 12.4. The number of nitrogens with zero attached hydrogens (tertiary/aromatic N) is 2. The van der Waals surface area contributed by atoms with Crippen molar-refractivity contribution in [1.29, 1.82) is 0 Å². The fourth-order valence-corrected chi connectivity index (χ4v) is 3.04. The van der Waals surface area contributed by atoms with Crippen LogP contribution in [0.15, 0.2) is 12.3 Å². The van der Waals surface area contributed by atoms with Gasteiger partial charge in [-0.05, 0) is 25.8 Å². The first-order chi connectivity index (χ1) is 8.95. The van der Waals surface area contributed by atoms with Crippen molar-refractivity contribution in [3.8, 4) is 0 Å². The number of rotatable bonds is 4. The molecular formula is C14H21ClN2O2. The van der Waals surface area contributed by atoms with E-state index in [1.165, 1.54) is 0 Å². The molecule has 2 rings (SSSR count). The summed E-state index contributed by atoms with van der Waals surface area (Å²) in [5.74, 6) is -0.0888. The maximum absolute atomic E-state index is 12.4. The third-order valence-corrected chi connectivity index (χ3v) is 4.04. The van der Waals surface area contributed by atoms with E-state index in [4.69, 9.17) is 11.6 Å². The van der Waals surface area contributed by atoms with E-state index in [0.29, 0.717) is 23.8 Å². The molecule has 1 saturated carbocycles. The molecule has 0 aromatic carbocycles. The van der Waals surface area contributed by atoms with Crippen LogP contribution in [0.25, 0.3) is 0 Å². The number of carbonyl (C=O) groups excluding carboxylic acids is 1. The molecule has 0 unspecified atom stereocenters. The van der Waals surface area contributed by atoms with Crippen molar-refractivity contribution in [2.75, 3.05) is 13.6 Å². The quantitative estimate of drug-likeness (QED) is 0.923. The maximum Gasteiger partial charge on any atom is 0.270 e. The third-order valence-electron chi connectivity index (χ3n) is 3.84. The minimum Gasteiger partial charge on any atom is -0.388 e. The van der Waals surface area contributed by atoms with Crippen LogP contribution in [0.1, 0.15) is 43.1 Å². The van der Waals surface area contributed by atoms with Gasteiger partial charge in [0.05, 0.1) is 10.6 Å². The SMILES string of the molecule is CCn1cc(Cl)cc1C(=O)N(C)CC1(O)CCCC1. The number of hydrogen-bond donors (Lipinski definition) is 1.